The maximum absolute atomic E-state index is 3.84. The molecule has 2 heteroatoms. The Morgan fingerprint density at radius 1 is 1.25 bits per heavy atom. The molecule has 0 heterocycles. The molecule has 1 aromatic carbocycles. The summed E-state index contributed by atoms with van der Waals surface area (Å²) in [5.74, 6) is 0. The number of nitrogens with zero attached hydrogens (tertiary/aromatic N) is 1. The van der Waals surface area contributed by atoms with Crippen LogP contribution in [0.4, 0.5) is 0 Å². The van der Waals surface area contributed by atoms with Crippen molar-refractivity contribution in [1.29, 1.82) is 0 Å². The van der Waals surface area contributed by atoms with Crippen LogP contribution in [0.1, 0.15) is 37.8 Å². The molecule has 1 N–H and O–H groups in total. The Morgan fingerprint density at radius 3 is 2.45 bits per heavy atom. The first kappa shape index (κ1) is 15.3. The molecular weight excluding hydrogens is 244 g/mol. The smallest absolute Gasteiger partial charge is 0.0239 e. The van der Waals surface area contributed by atoms with E-state index in [1.54, 1.807) is 0 Å². The van der Waals surface area contributed by atoms with Crippen LogP contribution in [-0.4, -0.2) is 30.1 Å². The van der Waals surface area contributed by atoms with Crippen molar-refractivity contribution in [2.75, 3.05) is 13.1 Å². The van der Waals surface area contributed by atoms with Gasteiger partial charge < -0.3 is 5.32 Å². The molecule has 0 aromatic heterocycles. The van der Waals surface area contributed by atoms with E-state index in [4.69, 9.17) is 0 Å². The monoisotopic (exact) mass is 272 g/mol. The van der Waals surface area contributed by atoms with Crippen molar-refractivity contribution in [2.45, 2.75) is 51.7 Å². The molecule has 1 aromatic rings. The minimum atomic E-state index is 0.551. The van der Waals surface area contributed by atoms with Crippen molar-refractivity contribution in [3.05, 3.63) is 48.0 Å². The lowest BCUT2D eigenvalue weighted by atomic mass is 10.1. The van der Waals surface area contributed by atoms with Crippen molar-refractivity contribution >= 4 is 0 Å². The Morgan fingerprint density at radius 2 is 1.90 bits per heavy atom. The van der Waals surface area contributed by atoms with Gasteiger partial charge in [0.2, 0.25) is 0 Å². The Kier molecular flexibility index (Phi) is 5.81. The average molecular weight is 272 g/mol. The summed E-state index contributed by atoms with van der Waals surface area (Å²) in [5, 5.41) is 3.56. The quantitative estimate of drug-likeness (QED) is 0.693. The zero-order chi connectivity index (χ0) is 14.4. The van der Waals surface area contributed by atoms with E-state index in [-0.39, 0.29) is 0 Å². The maximum atomic E-state index is 3.84. The van der Waals surface area contributed by atoms with Gasteiger partial charge in [-0.1, -0.05) is 30.3 Å². The zero-order valence-electron chi connectivity index (χ0n) is 12.9. The number of rotatable bonds is 9. The summed E-state index contributed by atoms with van der Waals surface area (Å²) >= 11 is 0. The molecule has 0 radical (unpaired) electrons. The molecule has 0 saturated heterocycles. The lowest BCUT2D eigenvalue weighted by Gasteiger charge is -2.25. The normalized spacial score (nSPS) is 15.0. The summed E-state index contributed by atoms with van der Waals surface area (Å²) in [5.41, 5.74) is 2.82. The first-order valence-corrected chi connectivity index (χ1v) is 7.85. The van der Waals surface area contributed by atoms with E-state index in [0.29, 0.717) is 6.04 Å². The second kappa shape index (κ2) is 7.61. The van der Waals surface area contributed by atoms with Crippen LogP contribution < -0.4 is 5.32 Å². The zero-order valence-corrected chi connectivity index (χ0v) is 12.9. The second-order valence-electron chi connectivity index (χ2n) is 6.11. The second-order valence-corrected chi connectivity index (χ2v) is 6.11. The molecule has 1 aliphatic rings. The van der Waals surface area contributed by atoms with Gasteiger partial charge in [-0.15, -0.1) is 6.58 Å². The Balaban J connectivity index is 1.81. The Bertz CT molecular complexity index is 404. The maximum Gasteiger partial charge on any atom is 0.0239 e. The van der Waals surface area contributed by atoms with E-state index >= 15 is 0 Å². The average Bonchev–Trinajstić information content (AvgIpc) is 3.24. The van der Waals surface area contributed by atoms with Gasteiger partial charge in [-0.3, -0.25) is 4.90 Å². The fraction of sp³-hybridized carbons (Fsp3) is 0.556. The third kappa shape index (κ3) is 5.10. The van der Waals surface area contributed by atoms with Crippen LogP contribution in [-0.2, 0) is 13.0 Å². The lowest BCUT2D eigenvalue weighted by Crippen LogP contribution is -2.30. The molecule has 0 spiro atoms. The summed E-state index contributed by atoms with van der Waals surface area (Å²) in [6.07, 6.45) is 5.86. The van der Waals surface area contributed by atoms with Crippen molar-refractivity contribution in [3.8, 4) is 0 Å². The van der Waals surface area contributed by atoms with Gasteiger partial charge in [-0.25, -0.2) is 0 Å². The lowest BCUT2D eigenvalue weighted by molar-refractivity contribution is 0.237. The summed E-state index contributed by atoms with van der Waals surface area (Å²) in [6.45, 7) is 11.4. The fourth-order valence-corrected chi connectivity index (χ4v) is 2.38. The van der Waals surface area contributed by atoms with Gasteiger partial charge in [-0.2, -0.15) is 0 Å². The van der Waals surface area contributed by atoms with Crippen LogP contribution in [0.3, 0.4) is 0 Å². The number of hydrogen-bond donors (Lipinski definition) is 1. The molecule has 0 unspecified atom stereocenters. The highest BCUT2D eigenvalue weighted by Gasteiger charge is 2.19. The molecule has 0 atom stereocenters. The van der Waals surface area contributed by atoms with Gasteiger partial charge in [0, 0.05) is 25.2 Å². The number of hydrogen-bond acceptors (Lipinski definition) is 2. The van der Waals surface area contributed by atoms with Crippen LogP contribution >= 0.6 is 0 Å². The third-order valence-corrected chi connectivity index (χ3v) is 3.93. The summed E-state index contributed by atoms with van der Waals surface area (Å²) in [4.78, 5) is 2.43. The molecule has 1 aliphatic carbocycles. The molecule has 2 nitrogen and oxygen atoms in total. The molecule has 20 heavy (non-hydrogen) atoms. The molecular formula is C18H28N2. The molecule has 0 amide bonds. The third-order valence-electron chi connectivity index (χ3n) is 3.93. The van der Waals surface area contributed by atoms with Crippen LogP contribution in [0.5, 0.6) is 0 Å². The summed E-state index contributed by atoms with van der Waals surface area (Å²) in [6, 6.07) is 10.4. The predicted octanol–water partition coefficient (Wildman–Crippen LogP) is 3.38. The minimum Gasteiger partial charge on any atom is -0.314 e. The highest BCUT2D eigenvalue weighted by molar-refractivity contribution is 5.23. The molecule has 1 fully saturated rings. The SMILES string of the molecule is C=CCN(Cc1ccc(CCNC2CC2)cc1)C(C)C. The van der Waals surface area contributed by atoms with E-state index in [2.05, 4.69) is 54.9 Å². The van der Waals surface area contributed by atoms with Gasteiger partial charge in [0.25, 0.3) is 0 Å². The van der Waals surface area contributed by atoms with Crippen LogP contribution in [0, 0.1) is 0 Å². The van der Waals surface area contributed by atoms with Gasteiger partial charge in [0.15, 0.2) is 0 Å². The Hall–Kier alpha value is -1.12. The molecule has 0 bridgehead atoms. The Labute approximate surface area is 123 Å². The van der Waals surface area contributed by atoms with Crippen LogP contribution in [0.15, 0.2) is 36.9 Å². The molecule has 2 rings (SSSR count). The summed E-state index contributed by atoms with van der Waals surface area (Å²) < 4.78 is 0. The van der Waals surface area contributed by atoms with Crippen LogP contribution in [0.2, 0.25) is 0 Å². The van der Waals surface area contributed by atoms with Crippen molar-refractivity contribution in [2.24, 2.45) is 0 Å². The van der Waals surface area contributed by atoms with Crippen molar-refractivity contribution in [1.82, 2.24) is 10.2 Å². The van der Waals surface area contributed by atoms with E-state index < -0.39 is 0 Å². The topological polar surface area (TPSA) is 15.3 Å². The largest absolute Gasteiger partial charge is 0.314 e. The fourth-order valence-electron chi connectivity index (χ4n) is 2.38. The highest BCUT2D eigenvalue weighted by Crippen LogP contribution is 2.18. The van der Waals surface area contributed by atoms with Gasteiger partial charge in [-0.05, 0) is 50.8 Å². The first-order valence-electron chi connectivity index (χ1n) is 7.85. The molecule has 110 valence electrons. The van der Waals surface area contributed by atoms with Crippen molar-refractivity contribution in [3.63, 3.8) is 0 Å². The van der Waals surface area contributed by atoms with E-state index in [9.17, 15) is 0 Å². The number of benzene rings is 1. The van der Waals surface area contributed by atoms with E-state index in [0.717, 1.165) is 32.1 Å². The van der Waals surface area contributed by atoms with E-state index in [1.165, 1.54) is 24.0 Å². The first-order chi connectivity index (χ1) is 9.69. The van der Waals surface area contributed by atoms with Gasteiger partial charge >= 0.3 is 0 Å². The minimum absolute atomic E-state index is 0.551. The standard InChI is InChI=1S/C18H28N2/c1-4-13-20(15(2)3)14-17-7-5-16(6-8-17)11-12-19-18-9-10-18/h4-8,15,18-19H,1,9-14H2,2-3H3. The van der Waals surface area contributed by atoms with Gasteiger partial charge in [0.05, 0.1) is 0 Å². The van der Waals surface area contributed by atoms with Crippen LogP contribution in [0.25, 0.3) is 0 Å². The highest BCUT2D eigenvalue weighted by atomic mass is 15.1. The van der Waals surface area contributed by atoms with Crippen molar-refractivity contribution < 1.29 is 0 Å². The summed E-state index contributed by atoms with van der Waals surface area (Å²) in [7, 11) is 0. The molecule has 1 saturated carbocycles. The number of nitrogens with one attached hydrogen (secondary N) is 1. The van der Waals surface area contributed by atoms with E-state index in [1.807, 2.05) is 6.08 Å². The van der Waals surface area contributed by atoms with Gasteiger partial charge in [0.1, 0.15) is 0 Å². The molecule has 0 aliphatic heterocycles. The predicted molar refractivity (Wildman–Crippen MR) is 86.9 cm³/mol.